The summed E-state index contributed by atoms with van der Waals surface area (Å²) in [6.45, 7) is 0.636. The van der Waals surface area contributed by atoms with E-state index in [0.717, 1.165) is 32.8 Å². The normalized spacial score (nSPS) is 10.4. The fourth-order valence-corrected chi connectivity index (χ4v) is 3.14. The molecule has 0 aliphatic rings. The molecular weight excluding hydrogens is 378 g/mol. The Morgan fingerprint density at radius 1 is 0.800 bits per heavy atom. The minimum Gasteiger partial charge on any atom is -0.496 e. The van der Waals surface area contributed by atoms with Crippen LogP contribution in [0.4, 0.5) is 5.69 Å². The first-order chi connectivity index (χ1) is 12.2. The van der Waals surface area contributed by atoms with Gasteiger partial charge in [-0.2, -0.15) is 0 Å². The van der Waals surface area contributed by atoms with Gasteiger partial charge < -0.3 is 14.8 Å². The van der Waals surface area contributed by atoms with Gasteiger partial charge in [-0.15, -0.1) is 0 Å². The molecule has 1 N–H and O–H groups in total. The Hall–Kier alpha value is -2.46. The van der Waals surface area contributed by atoms with Crippen molar-refractivity contribution in [2.24, 2.45) is 0 Å². The SMILES string of the molecule is COc1ccc(Br)cc1CNc1cc(-c2ccccc2)ccc1OC. The highest BCUT2D eigenvalue weighted by atomic mass is 79.9. The fourth-order valence-electron chi connectivity index (χ4n) is 2.73. The predicted octanol–water partition coefficient (Wildman–Crippen LogP) is 5.75. The Labute approximate surface area is 156 Å². The Kier molecular flexibility index (Phi) is 5.61. The lowest BCUT2D eigenvalue weighted by atomic mass is 10.0. The summed E-state index contributed by atoms with van der Waals surface area (Å²) >= 11 is 3.51. The molecule has 0 unspecified atom stereocenters. The van der Waals surface area contributed by atoms with Crippen LogP contribution < -0.4 is 14.8 Å². The van der Waals surface area contributed by atoms with E-state index in [1.807, 2.05) is 36.4 Å². The number of ether oxygens (including phenoxy) is 2. The largest absolute Gasteiger partial charge is 0.496 e. The lowest BCUT2D eigenvalue weighted by molar-refractivity contribution is 0.409. The molecule has 4 heteroatoms. The summed E-state index contributed by atoms with van der Waals surface area (Å²) in [5.74, 6) is 1.67. The molecule has 0 fully saturated rings. The van der Waals surface area contributed by atoms with Crippen LogP contribution in [0.5, 0.6) is 11.5 Å². The molecule has 3 aromatic rings. The van der Waals surface area contributed by atoms with Crippen LogP contribution in [-0.2, 0) is 6.54 Å². The number of nitrogens with one attached hydrogen (secondary N) is 1. The summed E-state index contributed by atoms with van der Waals surface area (Å²) in [7, 11) is 3.37. The predicted molar refractivity (Wildman–Crippen MR) is 106 cm³/mol. The molecule has 0 heterocycles. The van der Waals surface area contributed by atoms with E-state index >= 15 is 0 Å². The zero-order valence-corrected chi connectivity index (χ0v) is 15.8. The topological polar surface area (TPSA) is 30.5 Å². The van der Waals surface area contributed by atoms with E-state index in [-0.39, 0.29) is 0 Å². The molecule has 3 rings (SSSR count). The molecule has 0 saturated carbocycles. The van der Waals surface area contributed by atoms with Gasteiger partial charge in [0, 0.05) is 16.6 Å². The molecule has 3 aromatic carbocycles. The van der Waals surface area contributed by atoms with Crippen molar-refractivity contribution in [3.8, 4) is 22.6 Å². The van der Waals surface area contributed by atoms with Gasteiger partial charge in [0.25, 0.3) is 0 Å². The van der Waals surface area contributed by atoms with Gasteiger partial charge in [-0.25, -0.2) is 0 Å². The van der Waals surface area contributed by atoms with Crippen LogP contribution in [0.15, 0.2) is 71.2 Å². The number of hydrogen-bond donors (Lipinski definition) is 1. The Morgan fingerprint density at radius 3 is 2.24 bits per heavy atom. The fraction of sp³-hybridized carbons (Fsp3) is 0.143. The van der Waals surface area contributed by atoms with Crippen LogP contribution in [0.25, 0.3) is 11.1 Å². The molecule has 3 nitrogen and oxygen atoms in total. The Morgan fingerprint density at radius 2 is 1.52 bits per heavy atom. The third-order valence-corrected chi connectivity index (χ3v) is 4.51. The summed E-state index contributed by atoms with van der Waals surface area (Å²) < 4.78 is 12.0. The van der Waals surface area contributed by atoms with Crippen molar-refractivity contribution < 1.29 is 9.47 Å². The molecule has 0 atom stereocenters. The van der Waals surface area contributed by atoms with Gasteiger partial charge >= 0.3 is 0 Å². The molecule has 0 aliphatic heterocycles. The van der Waals surface area contributed by atoms with E-state index < -0.39 is 0 Å². The van der Waals surface area contributed by atoms with E-state index in [4.69, 9.17) is 9.47 Å². The molecule has 0 aliphatic carbocycles. The maximum absolute atomic E-state index is 5.50. The van der Waals surface area contributed by atoms with Crippen LogP contribution in [0.3, 0.4) is 0 Å². The van der Waals surface area contributed by atoms with Crippen LogP contribution in [0.2, 0.25) is 0 Å². The maximum Gasteiger partial charge on any atom is 0.141 e. The molecular formula is C21H20BrNO2. The zero-order valence-electron chi connectivity index (χ0n) is 14.3. The molecule has 0 spiro atoms. The summed E-state index contributed by atoms with van der Waals surface area (Å²) in [6.07, 6.45) is 0. The number of anilines is 1. The van der Waals surface area contributed by atoms with Gasteiger partial charge in [-0.05, 0) is 41.5 Å². The highest BCUT2D eigenvalue weighted by Gasteiger charge is 2.08. The second-order valence-electron chi connectivity index (χ2n) is 5.59. The van der Waals surface area contributed by atoms with Gasteiger partial charge in [-0.3, -0.25) is 0 Å². The van der Waals surface area contributed by atoms with E-state index in [9.17, 15) is 0 Å². The lowest BCUT2D eigenvalue weighted by Gasteiger charge is -2.15. The van der Waals surface area contributed by atoms with Crippen LogP contribution in [0.1, 0.15) is 5.56 Å². The highest BCUT2D eigenvalue weighted by molar-refractivity contribution is 9.10. The molecule has 25 heavy (non-hydrogen) atoms. The molecule has 128 valence electrons. The minimum atomic E-state index is 0.636. The first kappa shape index (κ1) is 17.4. The summed E-state index contributed by atoms with van der Waals surface area (Å²) in [5.41, 5.74) is 4.34. The molecule has 0 radical (unpaired) electrons. The Balaban J connectivity index is 1.88. The standard InChI is InChI=1S/C21H20BrNO2/c1-24-20-11-9-18(22)12-17(20)14-23-19-13-16(8-10-21(19)25-2)15-6-4-3-5-7-15/h3-13,23H,14H2,1-2H3. The number of rotatable bonds is 6. The third kappa shape index (κ3) is 4.15. The van der Waals surface area contributed by atoms with Crippen molar-refractivity contribution in [3.63, 3.8) is 0 Å². The molecule has 0 saturated heterocycles. The molecule has 0 aromatic heterocycles. The minimum absolute atomic E-state index is 0.636. The van der Waals surface area contributed by atoms with Crippen molar-refractivity contribution in [2.75, 3.05) is 19.5 Å². The quantitative estimate of drug-likeness (QED) is 0.574. The van der Waals surface area contributed by atoms with Gasteiger partial charge in [0.2, 0.25) is 0 Å². The van der Waals surface area contributed by atoms with Crippen molar-refractivity contribution in [3.05, 3.63) is 76.8 Å². The number of hydrogen-bond acceptors (Lipinski definition) is 3. The van der Waals surface area contributed by atoms with E-state index in [2.05, 4.69) is 51.6 Å². The second-order valence-corrected chi connectivity index (χ2v) is 6.51. The summed E-state index contributed by atoms with van der Waals surface area (Å²) in [6, 6.07) is 22.5. The van der Waals surface area contributed by atoms with Gasteiger partial charge in [0.15, 0.2) is 0 Å². The second kappa shape index (κ2) is 8.08. The summed E-state index contributed by atoms with van der Waals surface area (Å²) in [5, 5.41) is 3.47. The smallest absolute Gasteiger partial charge is 0.141 e. The van der Waals surface area contributed by atoms with E-state index in [1.165, 1.54) is 5.56 Å². The average molecular weight is 398 g/mol. The highest BCUT2D eigenvalue weighted by Crippen LogP contribution is 2.32. The van der Waals surface area contributed by atoms with E-state index in [0.29, 0.717) is 6.54 Å². The monoisotopic (exact) mass is 397 g/mol. The molecule has 0 amide bonds. The van der Waals surface area contributed by atoms with Crippen molar-refractivity contribution >= 4 is 21.6 Å². The van der Waals surface area contributed by atoms with Gasteiger partial charge in [0.1, 0.15) is 11.5 Å². The first-order valence-electron chi connectivity index (χ1n) is 8.01. The lowest BCUT2D eigenvalue weighted by Crippen LogP contribution is -2.03. The molecule has 0 bridgehead atoms. The average Bonchev–Trinajstić information content (AvgIpc) is 2.67. The van der Waals surface area contributed by atoms with Crippen LogP contribution >= 0.6 is 15.9 Å². The van der Waals surface area contributed by atoms with Gasteiger partial charge in [0.05, 0.1) is 19.9 Å². The van der Waals surface area contributed by atoms with Crippen molar-refractivity contribution in [1.29, 1.82) is 0 Å². The Bertz CT molecular complexity index is 850. The van der Waals surface area contributed by atoms with E-state index in [1.54, 1.807) is 14.2 Å². The number of halogens is 1. The first-order valence-corrected chi connectivity index (χ1v) is 8.80. The van der Waals surface area contributed by atoms with Crippen molar-refractivity contribution in [2.45, 2.75) is 6.54 Å². The third-order valence-electron chi connectivity index (χ3n) is 4.02. The van der Waals surface area contributed by atoms with Crippen molar-refractivity contribution in [1.82, 2.24) is 0 Å². The summed E-state index contributed by atoms with van der Waals surface area (Å²) in [4.78, 5) is 0. The van der Waals surface area contributed by atoms with Crippen LogP contribution in [0, 0.1) is 0 Å². The maximum atomic E-state index is 5.50. The zero-order chi connectivity index (χ0) is 17.6. The van der Waals surface area contributed by atoms with Crippen LogP contribution in [-0.4, -0.2) is 14.2 Å². The van der Waals surface area contributed by atoms with Gasteiger partial charge in [-0.1, -0.05) is 52.3 Å². The number of methoxy groups -OCH3 is 2. The number of benzene rings is 3.